The quantitative estimate of drug-likeness (QED) is 0.622. The van der Waals surface area contributed by atoms with E-state index in [-0.39, 0.29) is 19.5 Å². The molecule has 0 aliphatic heterocycles. The summed E-state index contributed by atoms with van der Waals surface area (Å²) in [5.41, 5.74) is 1.70. The average Bonchev–Trinajstić information content (AvgIpc) is 2.40. The Morgan fingerprint density at radius 1 is 0.714 bits per heavy atom. The summed E-state index contributed by atoms with van der Waals surface area (Å²) in [5.74, 6) is 0. The van der Waals surface area contributed by atoms with Gasteiger partial charge in [-0.1, -0.05) is 36.4 Å². The van der Waals surface area contributed by atoms with E-state index in [2.05, 4.69) is 0 Å². The van der Waals surface area contributed by atoms with Crippen LogP contribution in [0.3, 0.4) is 0 Å². The predicted molar refractivity (Wildman–Crippen MR) is 80.4 cm³/mol. The van der Waals surface area contributed by atoms with Crippen LogP contribution in [0.1, 0.15) is 11.1 Å². The molecule has 4 nitrogen and oxygen atoms in total. The molecule has 7 heteroatoms. The van der Waals surface area contributed by atoms with Crippen molar-refractivity contribution in [3.63, 3.8) is 0 Å². The Bertz CT molecular complexity index is 576. The van der Waals surface area contributed by atoms with Crippen LogP contribution in [0.2, 0.25) is 0 Å². The minimum atomic E-state index is -1.84. The number of hydrogen-bond acceptors (Lipinski definition) is 2. The van der Waals surface area contributed by atoms with Gasteiger partial charge in [0.2, 0.25) is 0 Å². The van der Waals surface area contributed by atoms with Crippen molar-refractivity contribution in [2.75, 3.05) is 0 Å². The van der Waals surface area contributed by atoms with Crippen LogP contribution in [0.5, 0.6) is 0 Å². The Hall–Kier alpha value is -0.717. The molecular weight excluding hydrogens is 362 g/mol. The monoisotopic (exact) mass is 376 g/mol. The third-order valence-electron chi connectivity index (χ3n) is 2.56. The summed E-state index contributed by atoms with van der Waals surface area (Å²) in [6, 6.07) is 14.1. The van der Waals surface area contributed by atoms with Gasteiger partial charge in [-0.3, -0.25) is 0 Å². The Morgan fingerprint density at radius 2 is 1.00 bits per heavy atom. The van der Waals surface area contributed by atoms with Crippen LogP contribution in [-0.2, 0) is 41.6 Å². The van der Waals surface area contributed by atoms with Gasteiger partial charge in [-0.2, -0.15) is 0 Å². The molecule has 0 fully saturated rings. The standard InChI is InChI=1S/2C7H8O2S.Zn/c2*1-6-4-2-3-5-7(6)10(8)9;/h2*2-5H,1H3,(H,8,9);. The van der Waals surface area contributed by atoms with Crippen molar-refractivity contribution in [1.82, 2.24) is 0 Å². The molecular formula is C14H16O4S2Zn. The fourth-order valence-corrected chi connectivity index (χ4v) is 2.58. The van der Waals surface area contributed by atoms with Gasteiger partial charge in [0.1, 0.15) is 0 Å². The fraction of sp³-hybridized carbons (Fsp3) is 0.143. The maximum atomic E-state index is 10.5. The van der Waals surface area contributed by atoms with E-state index in [4.69, 9.17) is 9.11 Å². The van der Waals surface area contributed by atoms with Gasteiger partial charge in [0.25, 0.3) is 0 Å². The van der Waals surface area contributed by atoms with E-state index in [0.717, 1.165) is 11.1 Å². The van der Waals surface area contributed by atoms with Gasteiger partial charge in [-0.05, 0) is 37.1 Å². The van der Waals surface area contributed by atoms with E-state index >= 15 is 0 Å². The van der Waals surface area contributed by atoms with Crippen molar-refractivity contribution in [1.29, 1.82) is 0 Å². The second-order valence-electron chi connectivity index (χ2n) is 4.03. The summed E-state index contributed by atoms with van der Waals surface area (Å²) in [7, 11) is 0. The van der Waals surface area contributed by atoms with Crippen LogP contribution < -0.4 is 0 Å². The largest absolute Gasteiger partial charge is 0.302 e. The Kier molecular flexibility index (Phi) is 9.74. The van der Waals surface area contributed by atoms with Crippen molar-refractivity contribution < 1.29 is 37.0 Å². The molecule has 0 heterocycles. The summed E-state index contributed by atoms with van der Waals surface area (Å²) < 4.78 is 38.4. The molecule has 0 aliphatic rings. The SMILES string of the molecule is Cc1ccccc1S(=O)O.Cc1ccccc1S(=O)O.[Zn]. The first-order valence-electron chi connectivity index (χ1n) is 5.76. The molecule has 2 aromatic rings. The first kappa shape index (κ1) is 20.3. The third kappa shape index (κ3) is 6.72. The predicted octanol–water partition coefficient (Wildman–Crippen LogP) is 3.15. The molecule has 0 saturated heterocycles. The molecule has 0 aliphatic carbocycles. The van der Waals surface area contributed by atoms with Crippen molar-refractivity contribution >= 4 is 22.2 Å². The Balaban J connectivity index is 0.000000364. The van der Waals surface area contributed by atoms with Gasteiger partial charge in [0.05, 0.1) is 9.79 Å². The van der Waals surface area contributed by atoms with Crippen LogP contribution in [0, 0.1) is 13.8 Å². The topological polar surface area (TPSA) is 74.6 Å². The summed E-state index contributed by atoms with van der Waals surface area (Å²) >= 11 is -3.68. The zero-order valence-corrected chi connectivity index (χ0v) is 16.5. The summed E-state index contributed by atoms with van der Waals surface area (Å²) in [5, 5.41) is 0. The van der Waals surface area contributed by atoms with E-state index in [9.17, 15) is 8.42 Å². The number of rotatable bonds is 2. The molecule has 2 rings (SSSR count). The molecule has 0 saturated carbocycles. The van der Waals surface area contributed by atoms with Crippen molar-refractivity contribution in [2.45, 2.75) is 23.6 Å². The second-order valence-corrected chi connectivity index (χ2v) is 5.91. The van der Waals surface area contributed by atoms with E-state index in [1.807, 2.05) is 38.1 Å². The molecule has 0 spiro atoms. The first-order chi connectivity index (χ1) is 9.43. The molecule has 2 atom stereocenters. The maximum absolute atomic E-state index is 10.5. The van der Waals surface area contributed by atoms with Gasteiger partial charge in [-0.25, -0.2) is 8.42 Å². The number of aryl methyl sites for hydroxylation is 2. The molecule has 2 unspecified atom stereocenters. The molecule has 0 aromatic heterocycles. The van der Waals surface area contributed by atoms with Crippen molar-refractivity contribution in [3.05, 3.63) is 59.7 Å². The minimum Gasteiger partial charge on any atom is -0.302 e. The van der Waals surface area contributed by atoms with Crippen LogP contribution in [0.25, 0.3) is 0 Å². The van der Waals surface area contributed by atoms with Gasteiger partial charge < -0.3 is 9.11 Å². The normalized spacial score (nSPS) is 12.4. The van der Waals surface area contributed by atoms with Gasteiger partial charge >= 0.3 is 0 Å². The Labute approximate surface area is 142 Å². The zero-order valence-electron chi connectivity index (χ0n) is 11.9. The molecule has 2 N–H and O–H groups in total. The fourth-order valence-electron chi connectivity index (χ4n) is 1.50. The Morgan fingerprint density at radius 3 is 1.19 bits per heavy atom. The number of benzene rings is 2. The van der Waals surface area contributed by atoms with E-state index in [1.54, 1.807) is 24.3 Å². The minimum absolute atomic E-state index is 0. The number of hydrogen-bond donors (Lipinski definition) is 2. The van der Waals surface area contributed by atoms with E-state index < -0.39 is 22.2 Å². The van der Waals surface area contributed by atoms with Crippen LogP contribution >= 0.6 is 0 Å². The van der Waals surface area contributed by atoms with Crippen LogP contribution in [-0.4, -0.2) is 17.5 Å². The van der Waals surface area contributed by atoms with E-state index in [0.29, 0.717) is 9.79 Å². The molecule has 0 amide bonds. The third-order valence-corrected chi connectivity index (χ3v) is 4.23. The van der Waals surface area contributed by atoms with Crippen molar-refractivity contribution in [3.8, 4) is 0 Å². The molecule has 110 valence electrons. The van der Waals surface area contributed by atoms with Crippen LogP contribution in [0.15, 0.2) is 58.3 Å². The molecule has 0 bridgehead atoms. The summed E-state index contributed by atoms with van der Waals surface area (Å²) in [4.78, 5) is 0.977. The average molecular weight is 378 g/mol. The maximum Gasteiger partial charge on any atom is 0.186 e. The van der Waals surface area contributed by atoms with Crippen LogP contribution in [0.4, 0.5) is 0 Å². The smallest absolute Gasteiger partial charge is 0.186 e. The zero-order chi connectivity index (χ0) is 15.1. The summed E-state index contributed by atoms with van der Waals surface area (Å²) in [6.07, 6.45) is 0. The van der Waals surface area contributed by atoms with Gasteiger partial charge in [-0.15, -0.1) is 0 Å². The van der Waals surface area contributed by atoms with Gasteiger partial charge in [0, 0.05) is 19.5 Å². The first-order valence-corrected chi connectivity index (χ1v) is 7.97. The molecule has 0 radical (unpaired) electrons. The molecule has 21 heavy (non-hydrogen) atoms. The molecule has 2 aromatic carbocycles. The summed E-state index contributed by atoms with van der Waals surface area (Å²) in [6.45, 7) is 3.62. The second kappa shape index (κ2) is 10.1. The van der Waals surface area contributed by atoms with Crippen molar-refractivity contribution in [2.24, 2.45) is 0 Å². The van der Waals surface area contributed by atoms with E-state index in [1.165, 1.54) is 0 Å². The van der Waals surface area contributed by atoms with Gasteiger partial charge in [0.15, 0.2) is 22.2 Å².